The van der Waals surface area contributed by atoms with Gasteiger partial charge in [0, 0.05) is 23.6 Å². The van der Waals surface area contributed by atoms with E-state index >= 15 is 0 Å². The van der Waals surface area contributed by atoms with Crippen LogP contribution in [-0.2, 0) is 6.54 Å². The van der Waals surface area contributed by atoms with E-state index in [-0.39, 0.29) is 0 Å². The molecular weight excluding hydrogens is 204 g/mol. The lowest BCUT2D eigenvalue weighted by Gasteiger charge is -1.88. The largest absolute Gasteiger partial charge is 0.272 e. The van der Waals surface area contributed by atoms with Crippen LogP contribution in [0.2, 0.25) is 0 Å². The Labute approximate surface area is 75.0 Å². The molecule has 0 amide bonds. The van der Waals surface area contributed by atoms with E-state index in [1.54, 1.807) is 0 Å². The van der Waals surface area contributed by atoms with Gasteiger partial charge in [-0.1, -0.05) is 28.1 Å². The Morgan fingerprint density at radius 2 is 2.55 bits per heavy atom. The van der Waals surface area contributed by atoms with Crippen molar-refractivity contribution < 1.29 is 0 Å². The normalized spacial score (nSPS) is 11.1. The van der Waals surface area contributed by atoms with E-state index in [1.807, 2.05) is 23.2 Å². The van der Waals surface area contributed by atoms with Crippen LogP contribution in [-0.4, -0.2) is 15.1 Å². The van der Waals surface area contributed by atoms with Crippen LogP contribution >= 0.6 is 15.9 Å². The van der Waals surface area contributed by atoms with Gasteiger partial charge in [-0.05, 0) is 6.92 Å². The third-order valence-electron chi connectivity index (χ3n) is 1.38. The van der Waals surface area contributed by atoms with Crippen molar-refractivity contribution in [1.82, 2.24) is 9.78 Å². The summed E-state index contributed by atoms with van der Waals surface area (Å²) in [6, 6.07) is 0. The highest BCUT2D eigenvalue weighted by atomic mass is 79.9. The molecule has 0 fully saturated rings. The van der Waals surface area contributed by atoms with Crippen LogP contribution in [0.4, 0.5) is 0 Å². The minimum Gasteiger partial charge on any atom is -0.272 e. The average molecular weight is 215 g/mol. The first-order chi connectivity index (χ1) is 5.36. The summed E-state index contributed by atoms with van der Waals surface area (Å²) in [6.07, 6.45) is 7.99. The number of hydrogen-bond donors (Lipinski definition) is 0. The molecule has 0 unspecified atom stereocenters. The Kier molecular flexibility index (Phi) is 3.36. The first-order valence-corrected chi connectivity index (χ1v) is 4.74. The topological polar surface area (TPSA) is 17.8 Å². The first-order valence-electron chi connectivity index (χ1n) is 3.61. The molecule has 0 aromatic carbocycles. The number of alkyl halides is 1. The molecule has 0 aliphatic rings. The smallest absolute Gasteiger partial charge is 0.0562 e. The van der Waals surface area contributed by atoms with Crippen LogP contribution in [0.3, 0.4) is 0 Å². The van der Waals surface area contributed by atoms with Gasteiger partial charge in [0.1, 0.15) is 0 Å². The molecule has 0 saturated carbocycles. The first kappa shape index (κ1) is 8.53. The predicted octanol–water partition coefficient (Wildman–Crippen LogP) is 2.31. The highest BCUT2D eigenvalue weighted by Crippen LogP contribution is 2.00. The number of rotatable bonds is 3. The van der Waals surface area contributed by atoms with E-state index in [0.717, 1.165) is 17.4 Å². The molecular formula is C8H11BrN2. The Morgan fingerprint density at radius 3 is 3.09 bits per heavy atom. The van der Waals surface area contributed by atoms with Gasteiger partial charge >= 0.3 is 0 Å². The summed E-state index contributed by atoms with van der Waals surface area (Å²) in [5.41, 5.74) is 1.16. The Balaban J connectivity index is 2.65. The van der Waals surface area contributed by atoms with Crippen LogP contribution < -0.4 is 0 Å². The monoisotopic (exact) mass is 214 g/mol. The molecule has 0 saturated heterocycles. The molecule has 11 heavy (non-hydrogen) atoms. The van der Waals surface area contributed by atoms with Crippen LogP contribution in [0.15, 0.2) is 18.5 Å². The molecule has 0 spiro atoms. The van der Waals surface area contributed by atoms with Crippen molar-refractivity contribution in [2.75, 3.05) is 5.33 Å². The summed E-state index contributed by atoms with van der Waals surface area (Å²) in [5, 5.41) is 5.03. The SMILES string of the molecule is CCn1cc(C=CCBr)cn1. The number of allylic oxidation sites excluding steroid dienone is 1. The molecule has 1 aromatic rings. The van der Waals surface area contributed by atoms with Gasteiger partial charge in [0.05, 0.1) is 6.20 Å². The summed E-state index contributed by atoms with van der Waals surface area (Å²) in [7, 11) is 0. The van der Waals surface area contributed by atoms with E-state index < -0.39 is 0 Å². The lowest BCUT2D eigenvalue weighted by Crippen LogP contribution is -1.91. The highest BCUT2D eigenvalue weighted by Gasteiger charge is 1.90. The molecule has 0 N–H and O–H groups in total. The summed E-state index contributed by atoms with van der Waals surface area (Å²) >= 11 is 3.32. The maximum Gasteiger partial charge on any atom is 0.0562 e. The van der Waals surface area contributed by atoms with Crippen LogP contribution in [0.1, 0.15) is 12.5 Å². The van der Waals surface area contributed by atoms with Crippen molar-refractivity contribution in [1.29, 1.82) is 0 Å². The summed E-state index contributed by atoms with van der Waals surface area (Å²) in [6.45, 7) is 3.01. The molecule has 60 valence electrons. The molecule has 3 heteroatoms. The maximum atomic E-state index is 4.14. The molecule has 0 aliphatic carbocycles. The van der Waals surface area contributed by atoms with Crippen molar-refractivity contribution in [2.45, 2.75) is 13.5 Å². The minimum absolute atomic E-state index is 0.893. The Bertz CT molecular complexity index is 240. The van der Waals surface area contributed by atoms with Gasteiger partial charge in [-0.2, -0.15) is 5.10 Å². The van der Waals surface area contributed by atoms with Gasteiger partial charge in [0.15, 0.2) is 0 Å². The van der Waals surface area contributed by atoms with Gasteiger partial charge in [-0.25, -0.2) is 0 Å². The zero-order valence-electron chi connectivity index (χ0n) is 6.50. The fraction of sp³-hybridized carbons (Fsp3) is 0.375. The van der Waals surface area contributed by atoms with E-state index in [4.69, 9.17) is 0 Å². The number of halogens is 1. The van der Waals surface area contributed by atoms with Gasteiger partial charge < -0.3 is 0 Å². The zero-order chi connectivity index (χ0) is 8.10. The van der Waals surface area contributed by atoms with E-state index in [9.17, 15) is 0 Å². The fourth-order valence-corrected chi connectivity index (χ4v) is 1.01. The number of nitrogens with zero attached hydrogens (tertiary/aromatic N) is 2. The third-order valence-corrected chi connectivity index (χ3v) is 1.75. The standard InChI is InChI=1S/C8H11BrN2/c1-2-11-7-8(6-10-11)4-3-5-9/h3-4,6-7H,2,5H2,1H3. The van der Waals surface area contributed by atoms with Crippen LogP contribution in [0.5, 0.6) is 0 Å². The molecule has 0 radical (unpaired) electrons. The van der Waals surface area contributed by atoms with Crippen molar-refractivity contribution in [3.8, 4) is 0 Å². The molecule has 0 bridgehead atoms. The maximum absolute atomic E-state index is 4.14. The molecule has 1 heterocycles. The molecule has 1 rings (SSSR count). The number of hydrogen-bond acceptors (Lipinski definition) is 1. The molecule has 0 aliphatic heterocycles. The zero-order valence-corrected chi connectivity index (χ0v) is 8.08. The van der Waals surface area contributed by atoms with Crippen molar-refractivity contribution in [2.24, 2.45) is 0 Å². The fourth-order valence-electron chi connectivity index (χ4n) is 0.819. The van der Waals surface area contributed by atoms with E-state index in [0.29, 0.717) is 0 Å². The average Bonchev–Trinajstić information content (AvgIpc) is 2.48. The van der Waals surface area contributed by atoms with Crippen LogP contribution in [0.25, 0.3) is 6.08 Å². The van der Waals surface area contributed by atoms with Crippen molar-refractivity contribution in [3.05, 3.63) is 24.0 Å². The van der Waals surface area contributed by atoms with Crippen molar-refractivity contribution >= 4 is 22.0 Å². The number of aromatic nitrogens is 2. The second-order valence-corrected chi connectivity index (χ2v) is 2.83. The van der Waals surface area contributed by atoms with E-state index in [2.05, 4.69) is 34.0 Å². The van der Waals surface area contributed by atoms with Gasteiger partial charge in [-0.15, -0.1) is 0 Å². The highest BCUT2D eigenvalue weighted by molar-refractivity contribution is 9.09. The Morgan fingerprint density at radius 1 is 1.73 bits per heavy atom. The third kappa shape index (κ3) is 2.50. The second kappa shape index (κ2) is 4.34. The Hall–Kier alpha value is -0.570. The van der Waals surface area contributed by atoms with Gasteiger partial charge in [-0.3, -0.25) is 4.68 Å². The van der Waals surface area contributed by atoms with E-state index in [1.165, 1.54) is 0 Å². The summed E-state index contributed by atoms with van der Waals surface area (Å²) in [4.78, 5) is 0. The summed E-state index contributed by atoms with van der Waals surface area (Å²) < 4.78 is 1.91. The molecule has 0 atom stereocenters. The van der Waals surface area contributed by atoms with Crippen LogP contribution in [0, 0.1) is 0 Å². The van der Waals surface area contributed by atoms with Gasteiger partial charge in [0.25, 0.3) is 0 Å². The predicted molar refractivity (Wildman–Crippen MR) is 50.7 cm³/mol. The lowest BCUT2D eigenvalue weighted by atomic mass is 10.3. The van der Waals surface area contributed by atoms with Crippen molar-refractivity contribution in [3.63, 3.8) is 0 Å². The number of aryl methyl sites for hydroxylation is 1. The summed E-state index contributed by atoms with van der Waals surface area (Å²) in [5.74, 6) is 0. The molecule has 1 aromatic heterocycles. The second-order valence-electron chi connectivity index (χ2n) is 2.19. The molecule has 2 nitrogen and oxygen atoms in total. The minimum atomic E-state index is 0.893. The quantitative estimate of drug-likeness (QED) is 0.707. The lowest BCUT2D eigenvalue weighted by molar-refractivity contribution is 0.660. The van der Waals surface area contributed by atoms with Gasteiger partial charge in [0.2, 0.25) is 0 Å².